The monoisotopic (exact) mass is 335 g/mol. The van der Waals surface area contributed by atoms with Crippen molar-refractivity contribution in [2.24, 2.45) is 0 Å². The van der Waals surface area contributed by atoms with Crippen LogP contribution in [-0.2, 0) is 12.2 Å². The summed E-state index contributed by atoms with van der Waals surface area (Å²) in [7, 11) is 0. The number of halogens is 1. The van der Waals surface area contributed by atoms with Crippen molar-refractivity contribution >= 4 is 33.4 Å². The first-order valence-electron chi connectivity index (χ1n) is 6.15. The summed E-state index contributed by atoms with van der Waals surface area (Å²) < 4.78 is 6.86. The van der Waals surface area contributed by atoms with Gasteiger partial charge >= 0.3 is 0 Å². The van der Waals surface area contributed by atoms with Gasteiger partial charge in [-0.25, -0.2) is 0 Å². The van der Waals surface area contributed by atoms with E-state index in [0.717, 1.165) is 39.6 Å². The van der Waals surface area contributed by atoms with Crippen molar-refractivity contribution in [3.63, 3.8) is 0 Å². The van der Waals surface area contributed by atoms with E-state index in [9.17, 15) is 0 Å². The van der Waals surface area contributed by atoms with Crippen LogP contribution in [-0.4, -0.2) is 6.61 Å². The smallest absolute Gasteiger partial charge is 0.126 e. The molecule has 2 N–H and O–H groups in total. The van der Waals surface area contributed by atoms with Gasteiger partial charge in [0, 0.05) is 32.8 Å². The number of nitrogens with two attached hydrogens (primary N) is 1. The minimum atomic E-state index is 0.789. The molecule has 0 saturated heterocycles. The third-order valence-corrected chi connectivity index (χ3v) is 4.72. The van der Waals surface area contributed by atoms with Gasteiger partial charge in [-0.1, -0.05) is 28.1 Å². The summed E-state index contributed by atoms with van der Waals surface area (Å²) in [5, 5.41) is 0. The van der Waals surface area contributed by atoms with Crippen molar-refractivity contribution < 1.29 is 4.74 Å². The van der Waals surface area contributed by atoms with Gasteiger partial charge in [-0.15, -0.1) is 11.8 Å². The first kappa shape index (κ1) is 12.9. The normalized spacial score (nSPS) is 13.1. The Labute approximate surface area is 125 Å². The van der Waals surface area contributed by atoms with E-state index in [0.29, 0.717) is 0 Å². The van der Waals surface area contributed by atoms with Crippen LogP contribution < -0.4 is 10.5 Å². The lowest BCUT2D eigenvalue weighted by Gasteiger charge is -2.10. The number of rotatable bonds is 3. The summed E-state index contributed by atoms with van der Waals surface area (Å²) in [6, 6.07) is 12.2. The molecule has 3 rings (SSSR count). The van der Waals surface area contributed by atoms with Crippen molar-refractivity contribution in [1.82, 2.24) is 0 Å². The third kappa shape index (κ3) is 2.74. The van der Waals surface area contributed by atoms with E-state index in [1.165, 1.54) is 11.1 Å². The van der Waals surface area contributed by atoms with E-state index < -0.39 is 0 Å². The Bertz CT molecular complexity index is 615. The fourth-order valence-electron chi connectivity index (χ4n) is 2.22. The van der Waals surface area contributed by atoms with Crippen LogP contribution in [0.3, 0.4) is 0 Å². The van der Waals surface area contributed by atoms with Crippen LogP contribution in [0.25, 0.3) is 0 Å². The van der Waals surface area contributed by atoms with Gasteiger partial charge in [0.1, 0.15) is 5.75 Å². The van der Waals surface area contributed by atoms with Crippen LogP contribution >= 0.6 is 27.7 Å². The highest BCUT2D eigenvalue weighted by molar-refractivity contribution is 9.10. The predicted molar refractivity (Wildman–Crippen MR) is 83.8 cm³/mol. The maximum atomic E-state index is 5.97. The molecule has 1 aliphatic heterocycles. The molecule has 0 amide bonds. The second kappa shape index (κ2) is 5.47. The Kier molecular flexibility index (Phi) is 3.71. The molecule has 0 aliphatic carbocycles. The van der Waals surface area contributed by atoms with Crippen LogP contribution in [0.5, 0.6) is 5.75 Å². The molecule has 4 heteroatoms. The zero-order valence-corrected chi connectivity index (χ0v) is 12.8. The van der Waals surface area contributed by atoms with Gasteiger partial charge in [0.05, 0.1) is 6.61 Å². The molecular weight excluding hydrogens is 322 g/mol. The molecule has 19 heavy (non-hydrogen) atoms. The minimum absolute atomic E-state index is 0.789. The van der Waals surface area contributed by atoms with Crippen LogP contribution in [0.4, 0.5) is 5.69 Å². The van der Waals surface area contributed by atoms with Gasteiger partial charge < -0.3 is 10.5 Å². The van der Waals surface area contributed by atoms with Gasteiger partial charge in [-0.2, -0.15) is 0 Å². The summed E-state index contributed by atoms with van der Waals surface area (Å²) in [4.78, 5) is 1.12. The maximum absolute atomic E-state index is 5.97. The number of para-hydroxylation sites is 1. The number of hydrogen-bond donors (Lipinski definition) is 1. The highest BCUT2D eigenvalue weighted by atomic mass is 79.9. The third-order valence-electron chi connectivity index (χ3n) is 3.13. The van der Waals surface area contributed by atoms with E-state index in [4.69, 9.17) is 10.5 Å². The fourth-order valence-corrected chi connectivity index (χ4v) is 3.71. The molecule has 0 unspecified atom stereocenters. The number of thioether (sulfide) groups is 1. The second-order valence-electron chi connectivity index (χ2n) is 4.48. The van der Waals surface area contributed by atoms with E-state index in [1.807, 2.05) is 18.2 Å². The average molecular weight is 336 g/mol. The summed E-state index contributed by atoms with van der Waals surface area (Å²) >= 11 is 5.32. The summed E-state index contributed by atoms with van der Waals surface area (Å²) in [5.41, 5.74) is 9.33. The van der Waals surface area contributed by atoms with Crippen LogP contribution in [0.2, 0.25) is 0 Å². The molecule has 1 heterocycles. The van der Waals surface area contributed by atoms with Gasteiger partial charge in [0.25, 0.3) is 0 Å². The van der Waals surface area contributed by atoms with Gasteiger partial charge in [-0.05, 0) is 29.8 Å². The van der Waals surface area contributed by atoms with E-state index in [2.05, 4.69) is 34.1 Å². The Morgan fingerprint density at radius 2 is 2.11 bits per heavy atom. The number of hydrogen-bond acceptors (Lipinski definition) is 3. The SMILES string of the molecule is Nc1ccccc1SCc1cc(Br)cc2c1OCC2. The lowest BCUT2D eigenvalue weighted by atomic mass is 10.1. The maximum Gasteiger partial charge on any atom is 0.126 e. The predicted octanol–water partition coefficient (Wildman–Crippen LogP) is 4.26. The van der Waals surface area contributed by atoms with E-state index >= 15 is 0 Å². The Hall–Kier alpha value is -1.13. The molecule has 0 saturated carbocycles. The second-order valence-corrected chi connectivity index (χ2v) is 6.41. The molecular formula is C15H14BrNOS. The van der Waals surface area contributed by atoms with Crippen molar-refractivity contribution in [3.8, 4) is 5.75 Å². The molecule has 0 fully saturated rings. The van der Waals surface area contributed by atoms with Crippen LogP contribution in [0, 0.1) is 0 Å². The molecule has 0 bridgehead atoms. The van der Waals surface area contributed by atoms with Gasteiger partial charge in [-0.3, -0.25) is 0 Å². The molecule has 0 atom stereocenters. The number of anilines is 1. The quantitative estimate of drug-likeness (QED) is 0.672. The largest absolute Gasteiger partial charge is 0.493 e. The topological polar surface area (TPSA) is 35.2 Å². The summed E-state index contributed by atoms with van der Waals surface area (Å²) in [5.74, 6) is 1.93. The van der Waals surface area contributed by atoms with Crippen molar-refractivity contribution in [3.05, 3.63) is 52.0 Å². The van der Waals surface area contributed by atoms with Crippen molar-refractivity contribution in [1.29, 1.82) is 0 Å². The Morgan fingerprint density at radius 3 is 2.95 bits per heavy atom. The molecule has 0 radical (unpaired) electrons. The number of fused-ring (bicyclic) bond motifs is 1. The highest BCUT2D eigenvalue weighted by Gasteiger charge is 2.17. The van der Waals surface area contributed by atoms with Crippen molar-refractivity contribution in [2.45, 2.75) is 17.1 Å². The van der Waals surface area contributed by atoms with E-state index in [-0.39, 0.29) is 0 Å². The van der Waals surface area contributed by atoms with Gasteiger partial charge in [0.2, 0.25) is 0 Å². The molecule has 98 valence electrons. The Balaban J connectivity index is 1.83. The summed E-state index contributed by atoms with van der Waals surface area (Å²) in [6.45, 7) is 0.789. The number of benzene rings is 2. The molecule has 2 nitrogen and oxygen atoms in total. The number of nitrogen functional groups attached to an aromatic ring is 1. The van der Waals surface area contributed by atoms with Crippen LogP contribution in [0.15, 0.2) is 45.8 Å². The first-order chi connectivity index (χ1) is 9.24. The highest BCUT2D eigenvalue weighted by Crippen LogP contribution is 2.37. The Morgan fingerprint density at radius 1 is 1.26 bits per heavy atom. The van der Waals surface area contributed by atoms with Gasteiger partial charge in [0.15, 0.2) is 0 Å². The molecule has 1 aliphatic rings. The molecule has 2 aromatic carbocycles. The molecule has 2 aromatic rings. The minimum Gasteiger partial charge on any atom is -0.493 e. The van der Waals surface area contributed by atoms with E-state index in [1.54, 1.807) is 11.8 Å². The lowest BCUT2D eigenvalue weighted by Crippen LogP contribution is -1.92. The zero-order chi connectivity index (χ0) is 13.2. The first-order valence-corrected chi connectivity index (χ1v) is 7.93. The molecule has 0 spiro atoms. The fraction of sp³-hybridized carbons (Fsp3) is 0.200. The standard InChI is InChI=1S/C15H14BrNOS/c16-12-7-10-5-6-18-15(10)11(8-12)9-19-14-4-2-1-3-13(14)17/h1-4,7-8H,5-6,9,17H2. The van der Waals surface area contributed by atoms with Crippen molar-refractivity contribution in [2.75, 3.05) is 12.3 Å². The van der Waals surface area contributed by atoms with Crippen LogP contribution in [0.1, 0.15) is 11.1 Å². The average Bonchev–Trinajstić information content (AvgIpc) is 2.85. The summed E-state index contributed by atoms with van der Waals surface area (Å²) in [6.07, 6.45) is 1.000. The number of ether oxygens (including phenoxy) is 1. The lowest BCUT2D eigenvalue weighted by molar-refractivity contribution is 0.354. The molecule has 0 aromatic heterocycles. The zero-order valence-electron chi connectivity index (χ0n) is 10.4.